The summed E-state index contributed by atoms with van der Waals surface area (Å²) in [7, 11) is 0. The van der Waals surface area contributed by atoms with Crippen LogP contribution in [0.5, 0.6) is 0 Å². The Morgan fingerprint density at radius 3 is 2.68 bits per heavy atom. The Balaban J connectivity index is 1.23. The molecule has 0 amide bonds. The molecule has 4 rings (SSSR count). The van der Waals surface area contributed by atoms with Crippen molar-refractivity contribution in [3.8, 4) is 0 Å². The first-order chi connectivity index (χ1) is 15.0. The van der Waals surface area contributed by atoms with Gasteiger partial charge in [-0.2, -0.15) is 0 Å². The summed E-state index contributed by atoms with van der Waals surface area (Å²) >= 11 is 15.3. The smallest absolute Gasteiger partial charge is 0.347 e. The van der Waals surface area contributed by atoms with Gasteiger partial charge in [0.1, 0.15) is 5.03 Å². The third-order valence-electron chi connectivity index (χ3n) is 5.40. The summed E-state index contributed by atoms with van der Waals surface area (Å²) in [6.07, 6.45) is 5.04. The van der Waals surface area contributed by atoms with Gasteiger partial charge in [-0.3, -0.25) is 0 Å². The molecule has 0 atom stereocenters. The van der Waals surface area contributed by atoms with Crippen LogP contribution < -0.4 is 4.90 Å². The van der Waals surface area contributed by atoms with Crippen LogP contribution in [0.1, 0.15) is 24.8 Å². The van der Waals surface area contributed by atoms with E-state index in [1.165, 1.54) is 30.2 Å². The Morgan fingerprint density at radius 1 is 1.23 bits per heavy atom. The molecule has 8 heteroatoms. The second-order valence-corrected chi connectivity index (χ2v) is 10.6. The number of halogens is 2. The third-order valence-corrected chi connectivity index (χ3v) is 8.03. The zero-order chi connectivity index (χ0) is 21.8. The molecule has 0 spiro atoms. The molecule has 1 aromatic heterocycles. The maximum Gasteiger partial charge on any atom is 0.347 e. The highest BCUT2D eigenvalue weighted by Gasteiger charge is 2.21. The fourth-order valence-corrected chi connectivity index (χ4v) is 6.08. The van der Waals surface area contributed by atoms with Crippen molar-refractivity contribution in [1.29, 1.82) is 0 Å². The molecule has 1 N–H and O–H groups in total. The van der Waals surface area contributed by atoms with Gasteiger partial charge in [-0.1, -0.05) is 46.7 Å². The van der Waals surface area contributed by atoms with Crippen molar-refractivity contribution in [2.75, 3.05) is 23.7 Å². The first-order valence-corrected chi connectivity index (χ1v) is 12.7. The number of anilines is 1. The topological polar surface area (TPSA) is 53.4 Å². The van der Waals surface area contributed by atoms with Crippen LogP contribution in [-0.4, -0.2) is 34.9 Å². The van der Waals surface area contributed by atoms with Gasteiger partial charge in [0, 0.05) is 23.0 Å². The first kappa shape index (κ1) is 22.5. The normalized spacial score (nSPS) is 15.5. The van der Waals surface area contributed by atoms with Crippen LogP contribution in [0.4, 0.5) is 5.13 Å². The summed E-state index contributed by atoms with van der Waals surface area (Å²) in [5.74, 6) is 0.706. The molecule has 0 bridgehead atoms. The quantitative estimate of drug-likeness (QED) is 0.283. The second kappa shape index (κ2) is 10.3. The number of fused-ring (bicyclic) bond motifs is 1. The van der Waals surface area contributed by atoms with Gasteiger partial charge in [0.25, 0.3) is 0 Å². The number of hydrogen-bond acceptors (Lipinski definition) is 5. The standard InChI is InChI=1S/C23H22Cl2N2O2S2/c24-17-3-6-20-21(14-17)31-23(26-20)27-10-7-15(8-11-27)9-12-30-18-4-1-16(2-5-18)13-19(25)22(28)29/h1-6,13-15H,7-12H2,(H,28,29)/b19-13-. The number of piperidine rings is 1. The third kappa shape index (κ3) is 5.95. The van der Waals surface area contributed by atoms with Crippen LogP contribution in [0.25, 0.3) is 16.3 Å². The number of carboxylic acids is 1. The maximum absolute atomic E-state index is 10.8. The molecule has 1 saturated heterocycles. The zero-order valence-electron chi connectivity index (χ0n) is 16.8. The lowest BCUT2D eigenvalue weighted by molar-refractivity contribution is -0.131. The lowest BCUT2D eigenvalue weighted by Crippen LogP contribution is -2.33. The van der Waals surface area contributed by atoms with E-state index in [1.54, 1.807) is 11.3 Å². The SMILES string of the molecule is O=C(O)/C(Cl)=C/c1ccc(SCCC2CCN(c3nc4ccc(Cl)cc4s3)CC2)cc1. The van der Waals surface area contributed by atoms with E-state index in [2.05, 4.69) is 4.90 Å². The predicted molar refractivity (Wildman–Crippen MR) is 133 cm³/mol. The summed E-state index contributed by atoms with van der Waals surface area (Å²) in [4.78, 5) is 19.2. The predicted octanol–water partition coefficient (Wildman–Crippen LogP) is 7.01. The molecule has 1 aliphatic rings. The van der Waals surface area contributed by atoms with E-state index in [1.807, 2.05) is 54.2 Å². The molecular formula is C23H22Cl2N2O2S2. The van der Waals surface area contributed by atoms with Gasteiger partial charge in [0.15, 0.2) is 5.13 Å². The molecule has 0 aliphatic carbocycles. The minimum absolute atomic E-state index is 0.179. The van der Waals surface area contributed by atoms with E-state index in [4.69, 9.17) is 33.3 Å². The first-order valence-electron chi connectivity index (χ1n) is 10.1. The maximum atomic E-state index is 10.8. The highest BCUT2D eigenvalue weighted by atomic mass is 35.5. The number of thiazole rings is 1. The highest BCUT2D eigenvalue weighted by Crippen LogP contribution is 2.34. The zero-order valence-corrected chi connectivity index (χ0v) is 19.9. The molecule has 4 nitrogen and oxygen atoms in total. The summed E-state index contributed by atoms with van der Waals surface area (Å²) in [6.45, 7) is 2.10. The van der Waals surface area contributed by atoms with Gasteiger partial charge in [-0.15, -0.1) is 11.8 Å². The van der Waals surface area contributed by atoms with Crippen LogP contribution in [0.2, 0.25) is 5.02 Å². The number of rotatable bonds is 7. The van der Waals surface area contributed by atoms with Gasteiger partial charge < -0.3 is 10.0 Å². The molecule has 162 valence electrons. The van der Waals surface area contributed by atoms with Crippen LogP contribution in [0.3, 0.4) is 0 Å². The lowest BCUT2D eigenvalue weighted by Gasteiger charge is -2.31. The molecule has 2 heterocycles. The number of hydrogen-bond donors (Lipinski definition) is 1. The van der Waals surface area contributed by atoms with Crippen LogP contribution in [0, 0.1) is 5.92 Å². The van der Waals surface area contributed by atoms with E-state index in [-0.39, 0.29) is 5.03 Å². The van der Waals surface area contributed by atoms with E-state index in [9.17, 15) is 4.79 Å². The minimum Gasteiger partial charge on any atom is -0.477 e. The molecule has 0 radical (unpaired) electrons. The number of aromatic nitrogens is 1. The Hall–Kier alpha value is -1.73. The van der Waals surface area contributed by atoms with Gasteiger partial charge in [-0.25, -0.2) is 9.78 Å². The number of thioether (sulfide) groups is 1. The van der Waals surface area contributed by atoms with E-state index in [0.29, 0.717) is 0 Å². The van der Waals surface area contributed by atoms with Crippen molar-refractivity contribution in [3.05, 3.63) is 58.1 Å². The van der Waals surface area contributed by atoms with Crippen LogP contribution >= 0.6 is 46.3 Å². The largest absolute Gasteiger partial charge is 0.477 e. The van der Waals surface area contributed by atoms with E-state index in [0.717, 1.165) is 50.7 Å². The summed E-state index contributed by atoms with van der Waals surface area (Å²) in [5, 5.41) is 10.5. The fraction of sp³-hybridized carbons (Fsp3) is 0.304. The molecular weight excluding hydrogens is 471 g/mol. The average Bonchev–Trinajstić information content (AvgIpc) is 3.18. The highest BCUT2D eigenvalue weighted by molar-refractivity contribution is 7.99. The minimum atomic E-state index is -1.11. The Labute approximate surface area is 199 Å². The Morgan fingerprint density at radius 2 is 1.97 bits per heavy atom. The van der Waals surface area contributed by atoms with E-state index >= 15 is 0 Å². The van der Waals surface area contributed by atoms with Crippen LogP contribution in [-0.2, 0) is 4.79 Å². The number of benzene rings is 2. The van der Waals surface area contributed by atoms with Crippen molar-refractivity contribution in [1.82, 2.24) is 4.98 Å². The molecule has 3 aromatic rings. The molecule has 0 saturated carbocycles. The number of carboxylic acid groups (broad SMARTS) is 1. The van der Waals surface area contributed by atoms with Crippen molar-refractivity contribution >= 4 is 73.7 Å². The summed E-state index contributed by atoms with van der Waals surface area (Å²) < 4.78 is 1.15. The van der Waals surface area contributed by atoms with Crippen molar-refractivity contribution in [3.63, 3.8) is 0 Å². The summed E-state index contributed by atoms with van der Waals surface area (Å²) in [6, 6.07) is 13.7. The Bertz CT molecular complexity index is 1090. The van der Waals surface area contributed by atoms with Crippen molar-refractivity contribution in [2.24, 2.45) is 5.92 Å². The van der Waals surface area contributed by atoms with Crippen LogP contribution in [0.15, 0.2) is 52.4 Å². The van der Waals surface area contributed by atoms with E-state index < -0.39 is 5.97 Å². The molecule has 31 heavy (non-hydrogen) atoms. The van der Waals surface area contributed by atoms with Crippen molar-refractivity contribution in [2.45, 2.75) is 24.2 Å². The van der Waals surface area contributed by atoms with Gasteiger partial charge in [-0.05, 0) is 72.9 Å². The molecule has 1 aliphatic heterocycles. The van der Waals surface area contributed by atoms with Gasteiger partial charge in [0.2, 0.25) is 0 Å². The molecule has 1 fully saturated rings. The number of nitrogens with zero attached hydrogens (tertiary/aromatic N) is 2. The monoisotopic (exact) mass is 492 g/mol. The number of aliphatic carboxylic acids is 1. The Kier molecular flexibility index (Phi) is 7.43. The second-order valence-electron chi connectivity index (χ2n) is 7.54. The summed E-state index contributed by atoms with van der Waals surface area (Å²) in [5.41, 5.74) is 1.82. The fourth-order valence-electron chi connectivity index (χ4n) is 3.65. The molecule has 2 aromatic carbocycles. The molecule has 0 unspecified atom stereocenters. The number of carbonyl (C=O) groups is 1. The average molecular weight is 493 g/mol. The van der Waals surface area contributed by atoms with Crippen molar-refractivity contribution < 1.29 is 9.90 Å². The van der Waals surface area contributed by atoms with Gasteiger partial charge in [0.05, 0.1) is 10.2 Å². The van der Waals surface area contributed by atoms with Gasteiger partial charge >= 0.3 is 5.97 Å². The lowest BCUT2D eigenvalue weighted by atomic mass is 9.95.